The number of hydrogen-bond donors (Lipinski definition) is 1. The first-order valence-electron chi connectivity index (χ1n) is 9.26. The molecule has 3 aromatic rings. The van der Waals surface area contributed by atoms with Crippen LogP contribution in [0, 0.1) is 24.5 Å². The van der Waals surface area contributed by atoms with Gasteiger partial charge in [0, 0.05) is 35.6 Å². The number of hydrogen-bond acceptors (Lipinski definition) is 6. The van der Waals surface area contributed by atoms with Crippen LogP contribution in [0.3, 0.4) is 0 Å². The number of halogens is 2. The van der Waals surface area contributed by atoms with Gasteiger partial charge in [-0.3, -0.25) is 9.78 Å². The van der Waals surface area contributed by atoms with Crippen molar-refractivity contribution in [2.45, 2.75) is 19.8 Å². The predicted octanol–water partition coefficient (Wildman–Crippen LogP) is 3.90. The molecule has 152 valence electrons. The van der Waals surface area contributed by atoms with Crippen molar-refractivity contribution in [3.63, 3.8) is 0 Å². The fourth-order valence-electron chi connectivity index (χ4n) is 2.78. The van der Waals surface area contributed by atoms with E-state index in [0.717, 1.165) is 19.0 Å². The van der Waals surface area contributed by atoms with Gasteiger partial charge in [0.15, 0.2) is 5.82 Å². The number of amides is 1. The van der Waals surface area contributed by atoms with E-state index in [2.05, 4.69) is 25.4 Å². The van der Waals surface area contributed by atoms with Crippen molar-refractivity contribution in [3.8, 4) is 5.88 Å². The second kappa shape index (κ2) is 8.32. The van der Waals surface area contributed by atoms with E-state index in [0.29, 0.717) is 17.1 Å². The van der Waals surface area contributed by atoms with Crippen LogP contribution in [-0.2, 0) is 0 Å². The smallest absolute Gasteiger partial charge is 0.284 e. The number of oxime groups is 1. The molecule has 0 saturated heterocycles. The number of nitrogens with one attached hydrogen (secondary N) is 1. The Bertz CT molecular complexity index is 1110. The average molecular weight is 409 g/mol. The Hall–Kier alpha value is -3.75. The normalized spacial score (nSPS) is 13.8. The molecule has 1 N–H and O–H groups in total. The third kappa shape index (κ3) is 4.29. The van der Waals surface area contributed by atoms with Gasteiger partial charge in [0.2, 0.25) is 0 Å². The van der Waals surface area contributed by atoms with Gasteiger partial charge in [-0.1, -0.05) is 5.16 Å². The lowest BCUT2D eigenvalue weighted by molar-refractivity contribution is 0.102. The highest BCUT2D eigenvalue weighted by Gasteiger charge is 2.30. The monoisotopic (exact) mass is 409 g/mol. The Morgan fingerprint density at radius 2 is 1.97 bits per heavy atom. The zero-order valence-corrected chi connectivity index (χ0v) is 16.0. The molecule has 30 heavy (non-hydrogen) atoms. The second-order valence-corrected chi connectivity index (χ2v) is 6.81. The molecule has 0 aliphatic heterocycles. The van der Waals surface area contributed by atoms with E-state index in [1.807, 2.05) is 0 Å². The molecule has 0 bridgehead atoms. The molecular formula is C21H17F2N5O2. The number of pyridine rings is 3. The van der Waals surface area contributed by atoms with E-state index in [1.54, 1.807) is 18.3 Å². The molecule has 1 amide bonds. The van der Waals surface area contributed by atoms with Crippen LogP contribution in [0.4, 0.5) is 14.6 Å². The van der Waals surface area contributed by atoms with E-state index in [9.17, 15) is 13.6 Å². The molecule has 4 rings (SSSR count). The maximum Gasteiger partial charge on any atom is 0.284 e. The molecule has 1 saturated carbocycles. The first kappa shape index (κ1) is 19.6. The molecule has 0 radical (unpaired) electrons. The minimum Gasteiger partial charge on any atom is -0.333 e. The van der Waals surface area contributed by atoms with Crippen LogP contribution in [0.2, 0.25) is 0 Å². The van der Waals surface area contributed by atoms with Crippen molar-refractivity contribution in [3.05, 3.63) is 77.4 Å². The zero-order valence-electron chi connectivity index (χ0n) is 16.0. The van der Waals surface area contributed by atoms with Gasteiger partial charge in [-0.25, -0.2) is 18.7 Å². The standard InChI is InChI=1S/C21H17F2N5O2/c1-12-15(10-24-11-17(12)23)20(29)27-18-7-6-14(9-26-18)19(13-4-5-13)28-30-21-16(22)3-2-8-25-21/h2-3,6-11,13H,4-5H2,1H3,(H,26,27,29). The lowest BCUT2D eigenvalue weighted by Gasteiger charge is -2.09. The van der Waals surface area contributed by atoms with E-state index in [1.165, 1.54) is 31.5 Å². The van der Waals surface area contributed by atoms with Crippen molar-refractivity contribution < 1.29 is 18.4 Å². The quantitative estimate of drug-likeness (QED) is 0.493. The molecular weight excluding hydrogens is 392 g/mol. The molecule has 9 heteroatoms. The lowest BCUT2D eigenvalue weighted by atomic mass is 10.1. The van der Waals surface area contributed by atoms with Crippen molar-refractivity contribution in [1.82, 2.24) is 15.0 Å². The Morgan fingerprint density at radius 3 is 2.67 bits per heavy atom. The van der Waals surface area contributed by atoms with Gasteiger partial charge in [0.1, 0.15) is 11.6 Å². The van der Waals surface area contributed by atoms with Gasteiger partial charge >= 0.3 is 0 Å². The Kier molecular flexibility index (Phi) is 5.42. The number of carbonyl (C=O) groups is 1. The molecule has 1 fully saturated rings. The summed E-state index contributed by atoms with van der Waals surface area (Å²) >= 11 is 0. The van der Waals surface area contributed by atoms with Crippen molar-refractivity contribution in [1.29, 1.82) is 0 Å². The Morgan fingerprint density at radius 1 is 1.13 bits per heavy atom. The number of nitrogens with zero attached hydrogens (tertiary/aromatic N) is 4. The topological polar surface area (TPSA) is 89.4 Å². The van der Waals surface area contributed by atoms with Crippen LogP contribution in [0.25, 0.3) is 0 Å². The van der Waals surface area contributed by atoms with Gasteiger partial charge in [-0.15, -0.1) is 0 Å². The molecule has 3 aromatic heterocycles. The van der Waals surface area contributed by atoms with E-state index in [4.69, 9.17) is 4.84 Å². The summed E-state index contributed by atoms with van der Waals surface area (Å²) in [5, 5.41) is 6.70. The summed E-state index contributed by atoms with van der Waals surface area (Å²) < 4.78 is 27.3. The third-order valence-electron chi connectivity index (χ3n) is 4.62. The van der Waals surface area contributed by atoms with Crippen molar-refractivity contribution in [2.24, 2.45) is 11.1 Å². The maximum absolute atomic E-state index is 13.7. The summed E-state index contributed by atoms with van der Waals surface area (Å²) in [5.74, 6) is -1.38. The third-order valence-corrected chi connectivity index (χ3v) is 4.62. The van der Waals surface area contributed by atoms with E-state index < -0.39 is 17.5 Å². The molecule has 0 aromatic carbocycles. The Labute approximate surface area is 170 Å². The highest BCUT2D eigenvalue weighted by Crippen LogP contribution is 2.33. The minimum atomic E-state index is -0.602. The highest BCUT2D eigenvalue weighted by molar-refractivity contribution is 6.05. The van der Waals surface area contributed by atoms with E-state index >= 15 is 0 Å². The fourth-order valence-corrected chi connectivity index (χ4v) is 2.78. The van der Waals surface area contributed by atoms with E-state index in [-0.39, 0.29) is 22.9 Å². The summed E-state index contributed by atoms with van der Waals surface area (Å²) in [6, 6.07) is 6.04. The van der Waals surface area contributed by atoms with Crippen LogP contribution in [0.1, 0.15) is 34.3 Å². The summed E-state index contributed by atoms with van der Waals surface area (Å²) in [5.41, 5.74) is 1.67. The van der Waals surface area contributed by atoms with Gasteiger partial charge < -0.3 is 10.2 Å². The molecule has 1 aliphatic rings. The molecule has 1 aliphatic carbocycles. The minimum absolute atomic E-state index is 0.131. The number of aromatic nitrogens is 3. The van der Waals surface area contributed by atoms with Crippen molar-refractivity contribution in [2.75, 3.05) is 5.32 Å². The predicted molar refractivity (Wildman–Crippen MR) is 105 cm³/mol. The van der Waals surface area contributed by atoms with Crippen LogP contribution < -0.4 is 10.2 Å². The molecule has 0 unspecified atom stereocenters. The fraction of sp³-hybridized carbons (Fsp3) is 0.190. The first-order chi connectivity index (χ1) is 14.5. The van der Waals surface area contributed by atoms with Gasteiger partial charge in [-0.05, 0) is 44.0 Å². The second-order valence-electron chi connectivity index (χ2n) is 6.81. The summed E-state index contributed by atoms with van der Waals surface area (Å²) in [7, 11) is 0. The zero-order chi connectivity index (χ0) is 21.1. The molecule has 3 heterocycles. The summed E-state index contributed by atoms with van der Waals surface area (Å²) in [4.78, 5) is 29.3. The van der Waals surface area contributed by atoms with Crippen molar-refractivity contribution >= 4 is 17.4 Å². The molecule has 0 spiro atoms. The van der Waals surface area contributed by atoms with Gasteiger partial charge in [-0.2, -0.15) is 0 Å². The first-order valence-corrected chi connectivity index (χ1v) is 9.26. The summed E-state index contributed by atoms with van der Waals surface area (Å²) in [6.45, 7) is 1.51. The number of anilines is 1. The molecule has 0 atom stereocenters. The highest BCUT2D eigenvalue weighted by atomic mass is 19.1. The van der Waals surface area contributed by atoms with Crippen LogP contribution >= 0.6 is 0 Å². The maximum atomic E-state index is 13.7. The summed E-state index contributed by atoms with van der Waals surface area (Å²) in [6.07, 6.45) is 7.19. The van der Waals surface area contributed by atoms with Gasteiger partial charge in [0.05, 0.1) is 17.5 Å². The van der Waals surface area contributed by atoms with Crippen LogP contribution in [-0.4, -0.2) is 26.6 Å². The number of carbonyl (C=O) groups excluding carboxylic acids is 1. The van der Waals surface area contributed by atoms with Crippen LogP contribution in [0.5, 0.6) is 5.88 Å². The largest absolute Gasteiger partial charge is 0.333 e. The molecule has 7 nitrogen and oxygen atoms in total. The van der Waals surface area contributed by atoms with Gasteiger partial charge in [0.25, 0.3) is 11.8 Å². The number of rotatable bonds is 6. The lowest BCUT2D eigenvalue weighted by Crippen LogP contribution is -2.16. The SMILES string of the molecule is Cc1c(F)cncc1C(=O)Nc1ccc(C(=NOc2ncccc2F)C2CC2)cn1. The van der Waals surface area contributed by atoms with Crippen LogP contribution in [0.15, 0.2) is 54.2 Å². The average Bonchev–Trinajstić information content (AvgIpc) is 3.58. The Balaban J connectivity index is 1.50.